The fraction of sp³-hybridized carbons (Fsp3) is 0.385. The van der Waals surface area contributed by atoms with Crippen LogP contribution >= 0.6 is 0 Å². The molecule has 0 aliphatic carbocycles. The van der Waals surface area contributed by atoms with E-state index in [2.05, 4.69) is 31.6 Å². The fourth-order valence-electron chi connectivity index (χ4n) is 2.29. The zero-order valence-corrected chi connectivity index (χ0v) is 10.8. The molecule has 1 fully saturated rings. The molecule has 7 nitrogen and oxygen atoms in total. The van der Waals surface area contributed by atoms with Crippen molar-refractivity contribution in [3.63, 3.8) is 0 Å². The number of anilines is 1. The Bertz CT molecular complexity index is 606. The van der Waals surface area contributed by atoms with Crippen LogP contribution in [-0.2, 0) is 4.74 Å². The fourth-order valence-corrected chi connectivity index (χ4v) is 2.29. The third-order valence-corrected chi connectivity index (χ3v) is 3.31. The van der Waals surface area contributed by atoms with Crippen LogP contribution in [0.3, 0.4) is 0 Å². The lowest BCUT2D eigenvalue weighted by molar-refractivity contribution is 0.0472. The third-order valence-electron chi connectivity index (χ3n) is 3.31. The minimum atomic E-state index is -0.0165. The monoisotopic (exact) mass is 270 g/mol. The second-order valence-corrected chi connectivity index (χ2v) is 4.61. The zero-order valence-electron chi connectivity index (χ0n) is 10.8. The third kappa shape index (κ3) is 2.60. The molecule has 2 aromatic rings. The molecular formula is C13H14N6O. The van der Waals surface area contributed by atoms with Gasteiger partial charge in [-0.25, -0.2) is 4.98 Å². The molecule has 3 rings (SSSR count). The van der Waals surface area contributed by atoms with Gasteiger partial charge in [0.2, 0.25) is 0 Å². The van der Waals surface area contributed by atoms with E-state index >= 15 is 0 Å². The molecule has 0 aromatic carbocycles. The maximum Gasteiger partial charge on any atom is 0.153 e. The Morgan fingerprint density at radius 1 is 1.50 bits per heavy atom. The van der Waals surface area contributed by atoms with Crippen molar-refractivity contribution in [1.82, 2.24) is 20.2 Å². The number of ether oxygens (including phenoxy) is 1. The summed E-state index contributed by atoms with van der Waals surface area (Å²) in [6.07, 6.45) is 6.65. The van der Waals surface area contributed by atoms with Crippen LogP contribution in [0.25, 0.3) is 0 Å². The van der Waals surface area contributed by atoms with Crippen LogP contribution in [0.1, 0.15) is 30.3 Å². The quantitative estimate of drug-likeness (QED) is 0.871. The highest BCUT2D eigenvalue weighted by Gasteiger charge is 2.28. The molecule has 3 heterocycles. The summed E-state index contributed by atoms with van der Waals surface area (Å²) >= 11 is 0. The molecule has 7 heteroatoms. The number of nitrogens with one attached hydrogen (secondary N) is 2. The number of nitriles is 1. The van der Waals surface area contributed by atoms with Crippen LogP contribution < -0.4 is 5.32 Å². The lowest BCUT2D eigenvalue weighted by atomic mass is 10.2. The largest absolute Gasteiger partial charge is 0.381 e. The van der Waals surface area contributed by atoms with Gasteiger partial charge in [0.25, 0.3) is 0 Å². The Morgan fingerprint density at radius 2 is 2.45 bits per heavy atom. The van der Waals surface area contributed by atoms with E-state index in [-0.39, 0.29) is 12.2 Å². The summed E-state index contributed by atoms with van der Waals surface area (Å²) in [7, 11) is 0. The Hall–Kier alpha value is -2.46. The van der Waals surface area contributed by atoms with E-state index in [1.165, 1.54) is 6.33 Å². The molecule has 1 aliphatic rings. The highest BCUT2D eigenvalue weighted by molar-refractivity contribution is 5.55. The first-order valence-corrected chi connectivity index (χ1v) is 6.45. The van der Waals surface area contributed by atoms with Crippen molar-refractivity contribution >= 4 is 5.69 Å². The van der Waals surface area contributed by atoms with Gasteiger partial charge in [0, 0.05) is 18.9 Å². The van der Waals surface area contributed by atoms with Crippen molar-refractivity contribution in [2.75, 3.05) is 11.9 Å². The average Bonchev–Trinajstić information content (AvgIpc) is 3.16. The maximum absolute atomic E-state index is 9.00. The lowest BCUT2D eigenvalue weighted by Gasteiger charge is -2.14. The predicted octanol–water partition coefficient (Wildman–Crippen LogP) is 1.40. The molecule has 0 spiro atoms. The number of aromatic amines is 1. The molecule has 0 radical (unpaired) electrons. The van der Waals surface area contributed by atoms with Gasteiger partial charge in [0.05, 0.1) is 17.4 Å². The van der Waals surface area contributed by atoms with E-state index in [4.69, 9.17) is 10.00 Å². The van der Waals surface area contributed by atoms with Gasteiger partial charge in [-0.2, -0.15) is 10.4 Å². The van der Waals surface area contributed by atoms with Gasteiger partial charge in [-0.15, -0.1) is 0 Å². The van der Waals surface area contributed by atoms with Gasteiger partial charge in [0.1, 0.15) is 18.5 Å². The summed E-state index contributed by atoms with van der Waals surface area (Å²) in [5.41, 5.74) is 1.33. The van der Waals surface area contributed by atoms with Crippen molar-refractivity contribution in [2.45, 2.75) is 25.0 Å². The van der Waals surface area contributed by atoms with Crippen LogP contribution in [0.15, 0.2) is 24.8 Å². The van der Waals surface area contributed by atoms with Crippen molar-refractivity contribution in [1.29, 1.82) is 5.26 Å². The summed E-state index contributed by atoms with van der Waals surface area (Å²) in [6, 6.07) is 3.91. The smallest absolute Gasteiger partial charge is 0.153 e. The summed E-state index contributed by atoms with van der Waals surface area (Å²) in [5.74, 6) is 0.772. The molecule has 2 N–H and O–H groups in total. The van der Waals surface area contributed by atoms with Gasteiger partial charge in [-0.05, 0) is 18.9 Å². The van der Waals surface area contributed by atoms with E-state index in [0.717, 1.165) is 24.4 Å². The van der Waals surface area contributed by atoms with E-state index < -0.39 is 0 Å². The van der Waals surface area contributed by atoms with Gasteiger partial charge < -0.3 is 10.1 Å². The minimum absolute atomic E-state index is 0.0165. The second-order valence-electron chi connectivity index (χ2n) is 4.61. The molecule has 1 saturated heterocycles. The molecule has 0 unspecified atom stereocenters. The van der Waals surface area contributed by atoms with Crippen LogP contribution in [0.5, 0.6) is 0 Å². The number of aromatic nitrogens is 4. The van der Waals surface area contributed by atoms with E-state index in [1.807, 2.05) is 0 Å². The summed E-state index contributed by atoms with van der Waals surface area (Å²) in [4.78, 5) is 8.04. The van der Waals surface area contributed by atoms with Crippen LogP contribution in [0, 0.1) is 11.3 Å². The molecule has 0 amide bonds. The first-order chi connectivity index (χ1) is 9.86. The number of H-pyrrole nitrogens is 1. The molecule has 2 aromatic heterocycles. The molecular weight excluding hydrogens is 256 g/mol. The van der Waals surface area contributed by atoms with Gasteiger partial charge >= 0.3 is 0 Å². The highest BCUT2D eigenvalue weighted by Crippen LogP contribution is 2.30. The summed E-state index contributed by atoms with van der Waals surface area (Å²) in [6.45, 7) is 0.656. The van der Waals surface area contributed by atoms with Gasteiger partial charge in [0.15, 0.2) is 5.82 Å². The Morgan fingerprint density at radius 3 is 3.25 bits per heavy atom. The SMILES string of the molecule is N#Cc1cnccc1NC[C@H]1CC[C@@H](c2ncn[nH]2)O1. The van der Waals surface area contributed by atoms with E-state index in [1.54, 1.807) is 18.5 Å². The van der Waals surface area contributed by atoms with Crippen molar-refractivity contribution < 1.29 is 4.74 Å². The van der Waals surface area contributed by atoms with E-state index in [0.29, 0.717) is 12.1 Å². The normalized spacial score (nSPS) is 21.6. The summed E-state index contributed by atoms with van der Waals surface area (Å²) in [5, 5.41) is 18.9. The number of rotatable bonds is 4. The minimum Gasteiger partial charge on any atom is -0.381 e. The predicted molar refractivity (Wildman–Crippen MR) is 70.7 cm³/mol. The number of hydrogen-bond donors (Lipinski definition) is 2. The molecule has 1 aliphatic heterocycles. The Labute approximate surface area is 116 Å². The molecule has 0 bridgehead atoms. The Kier molecular flexibility index (Phi) is 3.56. The average molecular weight is 270 g/mol. The van der Waals surface area contributed by atoms with Crippen LogP contribution in [-0.4, -0.2) is 32.8 Å². The molecule has 20 heavy (non-hydrogen) atoms. The van der Waals surface area contributed by atoms with Crippen LogP contribution in [0.4, 0.5) is 5.69 Å². The van der Waals surface area contributed by atoms with Crippen molar-refractivity contribution in [3.8, 4) is 6.07 Å². The van der Waals surface area contributed by atoms with Gasteiger partial charge in [-0.1, -0.05) is 0 Å². The lowest BCUT2D eigenvalue weighted by Crippen LogP contribution is -2.19. The first-order valence-electron chi connectivity index (χ1n) is 6.45. The molecule has 0 saturated carbocycles. The topological polar surface area (TPSA) is 99.5 Å². The number of pyridine rings is 1. The standard InChI is InChI=1S/C13H14N6O/c14-5-9-6-15-4-3-11(9)16-7-10-1-2-12(20-10)13-17-8-18-19-13/h3-4,6,8,10,12H,1-2,7H2,(H,15,16)(H,17,18,19)/t10-,12+/m1/s1. The molecule has 2 atom stereocenters. The Balaban J connectivity index is 1.57. The van der Waals surface area contributed by atoms with Crippen LogP contribution in [0.2, 0.25) is 0 Å². The second kappa shape index (κ2) is 5.67. The highest BCUT2D eigenvalue weighted by atomic mass is 16.5. The van der Waals surface area contributed by atoms with Crippen molar-refractivity contribution in [2.24, 2.45) is 0 Å². The summed E-state index contributed by atoms with van der Waals surface area (Å²) < 4.78 is 5.91. The maximum atomic E-state index is 9.00. The van der Waals surface area contributed by atoms with E-state index in [9.17, 15) is 0 Å². The number of nitrogens with zero attached hydrogens (tertiary/aromatic N) is 4. The number of hydrogen-bond acceptors (Lipinski definition) is 6. The molecule has 102 valence electrons. The zero-order chi connectivity index (χ0) is 13.8. The van der Waals surface area contributed by atoms with Crippen molar-refractivity contribution in [3.05, 3.63) is 36.2 Å². The first kappa shape index (κ1) is 12.6. The van der Waals surface area contributed by atoms with Gasteiger partial charge in [-0.3, -0.25) is 10.1 Å².